The highest BCUT2D eigenvalue weighted by Crippen LogP contribution is 2.29. The fourth-order valence-corrected chi connectivity index (χ4v) is 2.24. The molecule has 2 rings (SSSR count). The maximum Gasteiger partial charge on any atom is 0.336 e. The van der Waals surface area contributed by atoms with Crippen LogP contribution in [-0.4, -0.2) is 30.8 Å². The summed E-state index contributed by atoms with van der Waals surface area (Å²) in [6.07, 6.45) is 1.65. The third-order valence-corrected chi connectivity index (χ3v) is 2.93. The highest BCUT2D eigenvalue weighted by Gasteiger charge is 2.21. The van der Waals surface area contributed by atoms with Gasteiger partial charge in [-0.1, -0.05) is 6.07 Å². The Labute approximate surface area is 93.5 Å². The van der Waals surface area contributed by atoms with Gasteiger partial charge in [0.1, 0.15) is 6.67 Å². The Balaban J connectivity index is 2.42. The van der Waals surface area contributed by atoms with Gasteiger partial charge < -0.3 is 10.0 Å². The summed E-state index contributed by atoms with van der Waals surface area (Å²) in [5.74, 6) is -0.904. The number of aromatic carboxylic acids is 1. The van der Waals surface area contributed by atoms with Gasteiger partial charge in [-0.05, 0) is 30.5 Å². The van der Waals surface area contributed by atoms with E-state index in [2.05, 4.69) is 0 Å². The largest absolute Gasteiger partial charge is 0.478 e. The van der Waals surface area contributed by atoms with Gasteiger partial charge in [-0.15, -0.1) is 0 Å². The van der Waals surface area contributed by atoms with Gasteiger partial charge in [-0.25, -0.2) is 9.18 Å². The van der Waals surface area contributed by atoms with Gasteiger partial charge >= 0.3 is 5.97 Å². The van der Waals surface area contributed by atoms with Crippen LogP contribution in [0.4, 0.5) is 10.1 Å². The van der Waals surface area contributed by atoms with E-state index in [0.717, 1.165) is 30.6 Å². The van der Waals surface area contributed by atoms with E-state index in [4.69, 9.17) is 5.11 Å². The summed E-state index contributed by atoms with van der Waals surface area (Å²) in [6, 6.07) is 5.20. The molecule has 1 N–H and O–H groups in total. The van der Waals surface area contributed by atoms with E-state index in [1.54, 1.807) is 12.1 Å². The van der Waals surface area contributed by atoms with E-state index in [0.29, 0.717) is 12.1 Å². The molecule has 16 heavy (non-hydrogen) atoms. The lowest BCUT2D eigenvalue weighted by atomic mass is 9.96. The number of carboxylic acids is 1. The predicted octanol–water partition coefficient (Wildman–Crippen LogP) is 2.11. The van der Waals surface area contributed by atoms with E-state index in [9.17, 15) is 9.18 Å². The molecule has 1 aliphatic heterocycles. The molecule has 0 aromatic heterocycles. The zero-order valence-electron chi connectivity index (χ0n) is 8.95. The third kappa shape index (κ3) is 1.87. The maximum absolute atomic E-state index is 12.4. The van der Waals surface area contributed by atoms with Gasteiger partial charge in [0.05, 0.1) is 5.56 Å². The van der Waals surface area contributed by atoms with Gasteiger partial charge in [-0.2, -0.15) is 0 Å². The minimum Gasteiger partial charge on any atom is -0.478 e. The van der Waals surface area contributed by atoms with Crippen LogP contribution in [0.1, 0.15) is 22.3 Å². The Morgan fingerprint density at radius 1 is 1.50 bits per heavy atom. The van der Waals surface area contributed by atoms with E-state index in [1.807, 2.05) is 11.0 Å². The minimum absolute atomic E-state index is 0.343. The fraction of sp³-hybridized carbons (Fsp3) is 0.417. The molecule has 1 aromatic carbocycles. The highest BCUT2D eigenvalue weighted by atomic mass is 19.1. The second kappa shape index (κ2) is 4.51. The Bertz CT molecular complexity index is 406. The minimum atomic E-state index is -0.904. The second-order valence-corrected chi connectivity index (χ2v) is 3.89. The molecule has 1 aliphatic rings. The first-order chi connectivity index (χ1) is 7.74. The fourth-order valence-electron chi connectivity index (χ4n) is 2.24. The molecule has 3 nitrogen and oxygen atoms in total. The first-order valence-electron chi connectivity index (χ1n) is 5.40. The number of anilines is 1. The summed E-state index contributed by atoms with van der Waals surface area (Å²) in [5.41, 5.74) is 2.07. The molecular formula is C12H14FNO2. The molecule has 0 atom stereocenters. The summed E-state index contributed by atoms with van der Waals surface area (Å²) in [7, 11) is 0. The van der Waals surface area contributed by atoms with Crippen molar-refractivity contribution in [2.75, 3.05) is 24.7 Å². The number of hydrogen-bond donors (Lipinski definition) is 1. The van der Waals surface area contributed by atoms with Crippen LogP contribution in [0.3, 0.4) is 0 Å². The summed E-state index contributed by atoms with van der Waals surface area (Å²) in [5, 5.41) is 9.06. The summed E-state index contributed by atoms with van der Waals surface area (Å²) in [4.78, 5) is 13.0. The lowest BCUT2D eigenvalue weighted by Gasteiger charge is -2.31. The number of halogens is 1. The topological polar surface area (TPSA) is 40.5 Å². The monoisotopic (exact) mass is 223 g/mol. The molecule has 0 unspecified atom stereocenters. The maximum atomic E-state index is 12.4. The normalized spacial score (nSPS) is 14.7. The zero-order chi connectivity index (χ0) is 11.5. The molecule has 4 heteroatoms. The standard InChI is InChI=1S/C12H14FNO2/c13-6-8-14-7-2-4-9-10(12(15)16)3-1-5-11(9)14/h1,3,5H,2,4,6-8H2,(H,15,16). The first-order valence-corrected chi connectivity index (χ1v) is 5.40. The van der Waals surface area contributed by atoms with Crippen LogP contribution in [-0.2, 0) is 6.42 Å². The van der Waals surface area contributed by atoms with E-state index < -0.39 is 12.6 Å². The van der Waals surface area contributed by atoms with Crippen LogP contribution < -0.4 is 4.90 Å². The average molecular weight is 223 g/mol. The third-order valence-electron chi connectivity index (χ3n) is 2.93. The van der Waals surface area contributed by atoms with Gasteiger partial charge in [0.25, 0.3) is 0 Å². The molecule has 0 aliphatic carbocycles. The van der Waals surface area contributed by atoms with Gasteiger partial charge in [0.15, 0.2) is 0 Å². The molecule has 1 aromatic rings. The SMILES string of the molecule is O=C(O)c1cccc2c1CCCN2CCF. The summed E-state index contributed by atoms with van der Waals surface area (Å²) < 4.78 is 12.4. The van der Waals surface area contributed by atoms with E-state index in [1.165, 1.54) is 0 Å². The van der Waals surface area contributed by atoms with Crippen LogP contribution >= 0.6 is 0 Å². The van der Waals surface area contributed by atoms with Crippen LogP contribution in [0.25, 0.3) is 0 Å². The smallest absolute Gasteiger partial charge is 0.336 e. The zero-order valence-corrected chi connectivity index (χ0v) is 8.95. The average Bonchev–Trinajstić information content (AvgIpc) is 2.29. The predicted molar refractivity (Wildman–Crippen MR) is 59.9 cm³/mol. The first kappa shape index (κ1) is 10.9. The van der Waals surface area contributed by atoms with Crippen molar-refractivity contribution >= 4 is 11.7 Å². The second-order valence-electron chi connectivity index (χ2n) is 3.89. The van der Waals surface area contributed by atoms with E-state index >= 15 is 0 Å². The molecule has 86 valence electrons. The van der Waals surface area contributed by atoms with Crippen LogP contribution in [0, 0.1) is 0 Å². The molecule has 0 fully saturated rings. The van der Waals surface area contributed by atoms with E-state index in [-0.39, 0.29) is 0 Å². The van der Waals surface area contributed by atoms with Crippen molar-refractivity contribution in [3.63, 3.8) is 0 Å². The van der Waals surface area contributed by atoms with Crippen molar-refractivity contribution in [2.45, 2.75) is 12.8 Å². The Kier molecular flexibility index (Phi) is 3.08. The molecule has 0 bridgehead atoms. The summed E-state index contributed by atoms with van der Waals surface area (Å²) in [6.45, 7) is 0.743. The Morgan fingerprint density at radius 3 is 3.00 bits per heavy atom. The van der Waals surface area contributed by atoms with Gasteiger partial charge in [0.2, 0.25) is 0 Å². The van der Waals surface area contributed by atoms with Crippen molar-refractivity contribution in [1.29, 1.82) is 0 Å². The van der Waals surface area contributed by atoms with Crippen molar-refractivity contribution in [3.8, 4) is 0 Å². The molecule has 0 saturated heterocycles. The number of hydrogen-bond acceptors (Lipinski definition) is 2. The van der Waals surface area contributed by atoms with Crippen LogP contribution in [0.15, 0.2) is 18.2 Å². The molecule has 0 spiro atoms. The van der Waals surface area contributed by atoms with Crippen LogP contribution in [0.5, 0.6) is 0 Å². The quantitative estimate of drug-likeness (QED) is 0.853. The molecule has 1 heterocycles. The van der Waals surface area contributed by atoms with Crippen molar-refractivity contribution in [1.82, 2.24) is 0 Å². The van der Waals surface area contributed by atoms with Crippen LogP contribution in [0.2, 0.25) is 0 Å². The summed E-state index contributed by atoms with van der Waals surface area (Å²) >= 11 is 0. The lowest BCUT2D eigenvalue weighted by molar-refractivity contribution is 0.0695. The lowest BCUT2D eigenvalue weighted by Crippen LogP contribution is -2.32. The van der Waals surface area contributed by atoms with Gasteiger partial charge in [0, 0.05) is 18.8 Å². The number of carboxylic acid groups (broad SMARTS) is 1. The number of rotatable bonds is 3. The molecule has 0 amide bonds. The number of nitrogens with zero attached hydrogens (tertiary/aromatic N) is 1. The van der Waals surface area contributed by atoms with Crippen molar-refractivity contribution in [2.24, 2.45) is 0 Å². The molecule has 0 radical (unpaired) electrons. The van der Waals surface area contributed by atoms with Crippen molar-refractivity contribution in [3.05, 3.63) is 29.3 Å². The highest BCUT2D eigenvalue weighted by molar-refractivity contribution is 5.91. The Hall–Kier alpha value is -1.58. The number of benzene rings is 1. The Morgan fingerprint density at radius 2 is 2.31 bits per heavy atom. The molecular weight excluding hydrogens is 209 g/mol. The van der Waals surface area contributed by atoms with Gasteiger partial charge in [-0.3, -0.25) is 0 Å². The van der Waals surface area contributed by atoms with Crippen molar-refractivity contribution < 1.29 is 14.3 Å². The number of fused-ring (bicyclic) bond motifs is 1. The molecule has 0 saturated carbocycles. The number of carbonyl (C=O) groups is 1. The number of alkyl halides is 1.